The average molecular weight is 304 g/mol. The summed E-state index contributed by atoms with van der Waals surface area (Å²) in [5.41, 5.74) is 0. The van der Waals surface area contributed by atoms with Gasteiger partial charge in [0, 0.05) is 27.1 Å². The fourth-order valence-corrected chi connectivity index (χ4v) is 3.75. The molecule has 2 N–H and O–H groups in total. The van der Waals surface area contributed by atoms with Gasteiger partial charge < -0.3 is 33.9 Å². The first-order valence-corrected chi connectivity index (χ1v) is 7.46. The summed E-state index contributed by atoms with van der Waals surface area (Å²) in [6.07, 6.45) is -1.02. The molecular weight excluding hydrogens is 280 g/mol. The van der Waals surface area contributed by atoms with Crippen LogP contribution in [0.25, 0.3) is 0 Å². The van der Waals surface area contributed by atoms with Gasteiger partial charge in [-0.05, 0) is 19.8 Å². The van der Waals surface area contributed by atoms with Crippen LogP contribution in [0.1, 0.15) is 32.6 Å². The van der Waals surface area contributed by atoms with E-state index in [2.05, 4.69) is 0 Å². The SMILES string of the molecule is CO[C@@]12CCCC[C@@]1(OC)O[C@@H]1[C@@H](O2)[C@H](C)OC(O)[C@@H]1O. The van der Waals surface area contributed by atoms with E-state index < -0.39 is 42.3 Å². The summed E-state index contributed by atoms with van der Waals surface area (Å²) >= 11 is 0. The summed E-state index contributed by atoms with van der Waals surface area (Å²) in [4.78, 5) is 0. The van der Waals surface area contributed by atoms with E-state index in [0.29, 0.717) is 12.8 Å². The minimum absolute atomic E-state index is 0.419. The van der Waals surface area contributed by atoms with E-state index in [-0.39, 0.29) is 0 Å². The van der Waals surface area contributed by atoms with Crippen molar-refractivity contribution < 1.29 is 33.9 Å². The highest BCUT2D eigenvalue weighted by atomic mass is 16.8. The van der Waals surface area contributed by atoms with E-state index in [9.17, 15) is 10.2 Å². The second kappa shape index (κ2) is 5.42. The Morgan fingerprint density at radius 1 is 0.952 bits per heavy atom. The zero-order valence-electron chi connectivity index (χ0n) is 12.7. The van der Waals surface area contributed by atoms with Crippen LogP contribution >= 0.6 is 0 Å². The molecule has 2 aliphatic heterocycles. The molecule has 2 heterocycles. The second-order valence-corrected chi connectivity index (χ2v) is 6.01. The number of aliphatic hydroxyl groups is 2. The van der Waals surface area contributed by atoms with Gasteiger partial charge in [-0.25, -0.2) is 0 Å². The molecule has 7 atom stereocenters. The summed E-state index contributed by atoms with van der Waals surface area (Å²) in [6, 6.07) is 0. The Kier molecular flexibility index (Phi) is 4.03. The van der Waals surface area contributed by atoms with Gasteiger partial charge in [0.15, 0.2) is 6.29 Å². The normalized spacial score (nSPS) is 53.9. The van der Waals surface area contributed by atoms with Crippen molar-refractivity contribution in [1.29, 1.82) is 0 Å². The second-order valence-electron chi connectivity index (χ2n) is 6.01. The highest BCUT2D eigenvalue weighted by Crippen LogP contribution is 2.50. The lowest BCUT2D eigenvalue weighted by Gasteiger charge is -2.59. The first-order valence-electron chi connectivity index (χ1n) is 7.46. The Morgan fingerprint density at radius 3 is 2.00 bits per heavy atom. The van der Waals surface area contributed by atoms with E-state index in [1.165, 1.54) is 0 Å². The zero-order chi connectivity index (χ0) is 15.3. The smallest absolute Gasteiger partial charge is 0.223 e. The molecule has 1 aliphatic carbocycles. The predicted octanol–water partition coefficient (Wildman–Crippen LogP) is 0.128. The summed E-state index contributed by atoms with van der Waals surface area (Å²) < 4.78 is 28.9. The third-order valence-corrected chi connectivity index (χ3v) is 4.92. The Balaban J connectivity index is 1.96. The van der Waals surface area contributed by atoms with Crippen LogP contribution in [0, 0.1) is 0 Å². The van der Waals surface area contributed by atoms with Gasteiger partial charge in [-0.2, -0.15) is 0 Å². The van der Waals surface area contributed by atoms with Crippen LogP contribution in [-0.2, 0) is 23.7 Å². The maximum atomic E-state index is 10.2. The van der Waals surface area contributed by atoms with E-state index in [1.807, 2.05) is 0 Å². The molecule has 0 radical (unpaired) electrons. The van der Waals surface area contributed by atoms with Crippen molar-refractivity contribution in [3.8, 4) is 0 Å². The topological polar surface area (TPSA) is 86.6 Å². The van der Waals surface area contributed by atoms with Gasteiger partial charge in [0.25, 0.3) is 0 Å². The van der Waals surface area contributed by atoms with E-state index >= 15 is 0 Å². The first-order chi connectivity index (χ1) is 9.98. The maximum absolute atomic E-state index is 10.2. The lowest BCUT2D eigenvalue weighted by molar-refractivity contribution is -0.494. The van der Waals surface area contributed by atoms with Gasteiger partial charge >= 0.3 is 0 Å². The molecule has 0 aromatic rings. The monoisotopic (exact) mass is 304 g/mol. The number of methoxy groups -OCH3 is 2. The van der Waals surface area contributed by atoms with Crippen molar-refractivity contribution in [1.82, 2.24) is 0 Å². The van der Waals surface area contributed by atoms with Crippen LogP contribution in [0.3, 0.4) is 0 Å². The molecule has 0 amide bonds. The average Bonchev–Trinajstić information content (AvgIpc) is 2.51. The quantitative estimate of drug-likeness (QED) is 0.749. The molecule has 2 saturated heterocycles. The number of fused-ring (bicyclic) bond motifs is 2. The van der Waals surface area contributed by atoms with Crippen molar-refractivity contribution in [2.75, 3.05) is 14.2 Å². The molecule has 0 spiro atoms. The molecule has 7 heteroatoms. The standard InChI is InChI=1S/C14H24O7/c1-8-10-11(9(15)12(16)19-8)21-14(18-3)7-5-4-6-13(14,17-2)20-10/h8-12,15-16H,4-7H2,1-3H3/t8-,9+,10-,11-,12?,13+,14+/m0/s1. The van der Waals surface area contributed by atoms with Crippen molar-refractivity contribution in [2.45, 2.75) is 74.9 Å². The highest BCUT2D eigenvalue weighted by Gasteiger charge is 2.66. The van der Waals surface area contributed by atoms with E-state index in [4.69, 9.17) is 23.7 Å². The molecule has 0 bridgehead atoms. The molecule has 7 nitrogen and oxygen atoms in total. The largest absolute Gasteiger partial charge is 0.385 e. The molecule has 0 aromatic carbocycles. The zero-order valence-corrected chi connectivity index (χ0v) is 12.7. The summed E-state index contributed by atoms with van der Waals surface area (Å²) in [7, 11) is 3.12. The summed E-state index contributed by atoms with van der Waals surface area (Å²) in [5, 5.41) is 20.0. The molecule has 3 aliphatic rings. The van der Waals surface area contributed by atoms with E-state index in [0.717, 1.165) is 12.8 Å². The van der Waals surface area contributed by atoms with Crippen LogP contribution in [0.2, 0.25) is 0 Å². The number of hydrogen-bond acceptors (Lipinski definition) is 7. The molecule has 21 heavy (non-hydrogen) atoms. The fraction of sp³-hybridized carbons (Fsp3) is 1.00. The molecule has 0 aromatic heterocycles. The van der Waals surface area contributed by atoms with Crippen LogP contribution in [0.5, 0.6) is 0 Å². The van der Waals surface area contributed by atoms with Crippen molar-refractivity contribution in [3.63, 3.8) is 0 Å². The lowest BCUT2D eigenvalue weighted by Crippen LogP contribution is -2.74. The number of rotatable bonds is 2. The van der Waals surface area contributed by atoms with Gasteiger partial charge in [-0.3, -0.25) is 0 Å². The molecule has 122 valence electrons. The minimum Gasteiger partial charge on any atom is -0.385 e. The highest BCUT2D eigenvalue weighted by molar-refractivity contribution is 5.03. The minimum atomic E-state index is -1.29. The van der Waals surface area contributed by atoms with Gasteiger partial charge in [0.1, 0.15) is 18.3 Å². The molecule has 1 unspecified atom stereocenters. The van der Waals surface area contributed by atoms with Crippen LogP contribution < -0.4 is 0 Å². The molecular formula is C14H24O7. The third kappa shape index (κ3) is 2.15. The van der Waals surface area contributed by atoms with Crippen LogP contribution in [-0.4, -0.2) is 66.7 Å². The summed E-state index contributed by atoms with van der Waals surface area (Å²) in [5.74, 6) is -2.08. The molecule has 3 fully saturated rings. The number of ether oxygens (including phenoxy) is 5. The Hall–Kier alpha value is -0.280. The predicted molar refractivity (Wildman–Crippen MR) is 70.3 cm³/mol. The van der Waals surface area contributed by atoms with Gasteiger partial charge in [0.05, 0.1) is 6.10 Å². The third-order valence-electron chi connectivity index (χ3n) is 4.92. The van der Waals surface area contributed by atoms with E-state index in [1.54, 1.807) is 21.1 Å². The Morgan fingerprint density at radius 2 is 1.48 bits per heavy atom. The Bertz CT molecular complexity index is 392. The van der Waals surface area contributed by atoms with Crippen LogP contribution in [0.4, 0.5) is 0 Å². The van der Waals surface area contributed by atoms with Gasteiger partial charge in [-0.15, -0.1) is 0 Å². The number of hydrogen-bond donors (Lipinski definition) is 2. The van der Waals surface area contributed by atoms with Crippen molar-refractivity contribution in [2.24, 2.45) is 0 Å². The van der Waals surface area contributed by atoms with Gasteiger partial charge in [0.2, 0.25) is 11.6 Å². The Labute approximate surface area is 124 Å². The van der Waals surface area contributed by atoms with Crippen molar-refractivity contribution >= 4 is 0 Å². The molecule has 3 rings (SSSR count). The lowest BCUT2D eigenvalue weighted by atomic mass is 9.84. The van der Waals surface area contributed by atoms with Crippen LogP contribution in [0.15, 0.2) is 0 Å². The van der Waals surface area contributed by atoms with Crippen molar-refractivity contribution in [3.05, 3.63) is 0 Å². The maximum Gasteiger partial charge on any atom is 0.223 e. The fourth-order valence-electron chi connectivity index (χ4n) is 3.75. The summed E-state index contributed by atoms with van der Waals surface area (Å²) in [6.45, 7) is 1.78. The number of aliphatic hydroxyl groups excluding tert-OH is 2. The first kappa shape index (κ1) is 15.6. The van der Waals surface area contributed by atoms with Gasteiger partial charge in [-0.1, -0.05) is 0 Å². The molecule has 1 saturated carbocycles.